The van der Waals surface area contributed by atoms with Crippen molar-refractivity contribution in [3.8, 4) is 0 Å². The second-order valence-electron chi connectivity index (χ2n) is 9.61. The quantitative estimate of drug-likeness (QED) is 0.789. The first-order valence-corrected chi connectivity index (χ1v) is 12.1. The average molecular weight is 420 g/mol. The van der Waals surface area contributed by atoms with Crippen LogP contribution in [-0.4, -0.2) is 77.2 Å². The van der Waals surface area contributed by atoms with Crippen molar-refractivity contribution in [1.29, 1.82) is 0 Å². The normalized spacial score (nSPS) is 25.0. The molecule has 3 aliphatic heterocycles. The molecule has 1 aromatic carbocycles. The number of nitrogens with one attached hydrogen (secondary N) is 2. The summed E-state index contributed by atoms with van der Waals surface area (Å²) in [4.78, 5) is 11.6. The van der Waals surface area contributed by atoms with Gasteiger partial charge in [0, 0.05) is 42.6 Å². The number of benzene rings is 1. The molecule has 1 atom stereocenters. The van der Waals surface area contributed by atoms with E-state index in [9.17, 15) is 0 Å². The molecule has 2 fully saturated rings. The van der Waals surface area contributed by atoms with Gasteiger partial charge in [-0.05, 0) is 77.0 Å². The fraction of sp³-hybridized carbons (Fsp3) is 0.538. The summed E-state index contributed by atoms with van der Waals surface area (Å²) in [6, 6.07) is 12.2. The van der Waals surface area contributed by atoms with Gasteiger partial charge in [0.15, 0.2) is 0 Å². The van der Waals surface area contributed by atoms with Crippen molar-refractivity contribution >= 4 is 16.6 Å². The molecular formula is C26H37N5. The predicted octanol–water partition coefficient (Wildman–Crippen LogP) is 3.87. The number of likely N-dealkylation sites (tertiary alicyclic amines) is 1. The van der Waals surface area contributed by atoms with Gasteiger partial charge < -0.3 is 15.2 Å². The van der Waals surface area contributed by atoms with Crippen molar-refractivity contribution in [2.75, 3.05) is 39.3 Å². The lowest BCUT2D eigenvalue weighted by Gasteiger charge is -2.40. The fourth-order valence-corrected chi connectivity index (χ4v) is 5.48. The molecule has 166 valence electrons. The number of para-hydroxylation sites is 1. The van der Waals surface area contributed by atoms with E-state index in [0.717, 1.165) is 19.1 Å². The molecule has 4 heterocycles. The van der Waals surface area contributed by atoms with Gasteiger partial charge in [0.2, 0.25) is 0 Å². The molecule has 0 spiro atoms. The van der Waals surface area contributed by atoms with Gasteiger partial charge in [0.25, 0.3) is 0 Å². The Bertz CT molecular complexity index is 901. The molecule has 0 amide bonds. The van der Waals surface area contributed by atoms with Crippen LogP contribution in [0.15, 0.2) is 48.6 Å². The molecule has 0 radical (unpaired) electrons. The highest BCUT2D eigenvalue weighted by atomic mass is 15.3. The van der Waals surface area contributed by atoms with Crippen molar-refractivity contribution in [3.05, 3.63) is 54.3 Å². The monoisotopic (exact) mass is 419 g/mol. The number of dihydropyridines is 1. The molecule has 0 saturated carbocycles. The number of rotatable bonds is 4. The average Bonchev–Trinajstić information content (AvgIpc) is 3.09. The van der Waals surface area contributed by atoms with E-state index >= 15 is 0 Å². The van der Waals surface area contributed by atoms with E-state index in [1.165, 1.54) is 67.7 Å². The van der Waals surface area contributed by atoms with Crippen molar-refractivity contribution in [2.45, 2.75) is 51.4 Å². The third-order valence-electron chi connectivity index (χ3n) is 7.38. The van der Waals surface area contributed by atoms with Crippen molar-refractivity contribution in [2.24, 2.45) is 0 Å². The van der Waals surface area contributed by atoms with Gasteiger partial charge in [-0.2, -0.15) is 0 Å². The van der Waals surface area contributed by atoms with Gasteiger partial charge >= 0.3 is 0 Å². The maximum atomic E-state index is 3.78. The van der Waals surface area contributed by atoms with Gasteiger partial charge in [-0.25, -0.2) is 0 Å². The minimum Gasteiger partial charge on any atom is -0.365 e. The highest BCUT2D eigenvalue weighted by Crippen LogP contribution is 2.24. The fourth-order valence-electron chi connectivity index (χ4n) is 5.48. The molecule has 2 saturated heterocycles. The van der Waals surface area contributed by atoms with Gasteiger partial charge in [-0.15, -0.1) is 0 Å². The number of aromatic amines is 1. The SMILES string of the molecule is CC(C)N1CCC(N2CCCN(C3C=CC=C(c4cc5ccccc5[nH]4)N3)CC2)CC1. The van der Waals surface area contributed by atoms with Crippen LogP contribution in [0.5, 0.6) is 0 Å². The zero-order valence-electron chi connectivity index (χ0n) is 19.1. The Kier molecular flexibility index (Phi) is 6.17. The number of piperidine rings is 1. The molecule has 5 heteroatoms. The predicted molar refractivity (Wildman–Crippen MR) is 130 cm³/mol. The summed E-state index contributed by atoms with van der Waals surface area (Å²) < 4.78 is 0. The number of aromatic nitrogens is 1. The summed E-state index contributed by atoms with van der Waals surface area (Å²) >= 11 is 0. The van der Waals surface area contributed by atoms with Crippen LogP contribution in [0.2, 0.25) is 0 Å². The Labute approximate surface area is 186 Å². The van der Waals surface area contributed by atoms with Crippen LogP contribution in [0.3, 0.4) is 0 Å². The summed E-state index contributed by atoms with van der Waals surface area (Å²) in [7, 11) is 0. The van der Waals surface area contributed by atoms with Gasteiger partial charge in [0.05, 0.1) is 17.6 Å². The highest BCUT2D eigenvalue weighted by Gasteiger charge is 2.29. The Balaban J connectivity index is 1.19. The topological polar surface area (TPSA) is 37.5 Å². The molecule has 1 aromatic heterocycles. The Morgan fingerprint density at radius 2 is 1.71 bits per heavy atom. The highest BCUT2D eigenvalue weighted by molar-refractivity contribution is 5.84. The molecule has 0 bridgehead atoms. The maximum absolute atomic E-state index is 3.78. The van der Waals surface area contributed by atoms with Crippen LogP contribution in [0, 0.1) is 0 Å². The molecule has 1 unspecified atom stereocenters. The number of fused-ring (bicyclic) bond motifs is 1. The molecular weight excluding hydrogens is 382 g/mol. The van der Waals surface area contributed by atoms with Crippen LogP contribution >= 0.6 is 0 Å². The standard InChI is InChI=1S/C26H37N5/c1-20(2)29-15-11-22(12-16-29)30-13-6-14-31(18-17-30)26-10-5-9-24(28-26)25-19-21-7-3-4-8-23(21)27-25/h3-5,7-10,19-20,22,26-28H,6,11-18H2,1-2H3. The Hall–Kier alpha value is -2.08. The largest absolute Gasteiger partial charge is 0.365 e. The van der Waals surface area contributed by atoms with E-state index in [2.05, 4.69) is 87.4 Å². The maximum Gasteiger partial charge on any atom is 0.0990 e. The lowest BCUT2D eigenvalue weighted by molar-refractivity contribution is 0.0930. The molecule has 3 aliphatic rings. The van der Waals surface area contributed by atoms with E-state index in [-0.39, 0.29) is 6.17 Å². The van der Waals surface area contributed by atoms with Crippen molar-refractivity contribution < 1.29 is 0 Å². The van der Waals surface area contributed by atoms with E-state index in [4.69, 9.17) is 0 Å². The number of allylic oxidation sites excluding steroid dienone is 2. The first kappa shape index (κ1) is 20.8. The van der Waals surface area contributed by atoms with E-state index in [1.807, 2.05) is 0 Å². The van der Waals surface area contributed by atoms with Crippen molar-refractivity contribution in [3.63, 3.8) is 0 Å². The van der Waals surface area contributed by atoms with Gasteiger partial charge in [0.1, 0.15) is 0 Å². The minimum atomic E-state index is 0.272. The smallest absolute Gasteiger partial charge is 0.0990 e. The van der Waals surface area contributed by atoms with Gasteiger partial charge in [-0.1, -0.05) is 24.3 Å². The Morgan fingerprint density at radius 3 is 2.52 bits per heavy atom. The number of H-pyrrole nitrogens is 1. The lowest BCUT2D eigenvalue weighted by atomic mass is 10.0. The third kappa shape index (κ3) is 4.59. The molecule has 2 N–H and O–H groups in total. The van der Waals surface area contributed by atoms with Crippen molar-refractivity contribution in [1.82, 2.24) is 25.0 Å². The third-order valence-corrected chi connectivity index (χ3v) is 7.38. The molecule has 2 aromatic rings. The van der Waals surface area contributed by atoms with Crippen LogP contribution in [0.4, 0.5) is 0 Å². The number of hydrogen-bond acceptors (Lipinski definition) is 4. The van der Waals surface area contributed by atoms with Crippen LogP contribution in [0.1, 0.15) is 38.8 Å². The second kappa shape index (κ2) is 9.19. The first-order chi connectivity index (χ1) is 15.2. The zero-order valence-corrected chi connectivity index (χ0v) is 19.1. The second-order valence-corrected chi connectivity index (χ2v) is 9.61. The van der Waals surface area contributed by atoms with Gasteiger partial charge in [-0.3, -0.25) is 9.80 Å². The van der Waals surface area contributed by atoms with E-state index in [1.54, 1.807) is 0 Å². The summed E-state index contributed by atoms with van der Waals surface area (Å²) in [6.07, 6.45) is 10.9. The van der Waals surface area contributed by atoms with E-state index < -0.39 is 0 Å². The van der Waals surface area contributed by atoms with Crippen LogP contribution < -0.4 is 5.32 Å². The minimum absolute atomic E-state index is 0.272. The number of nitrogens with zero attached hydrogens (tertiary/aromatic N) is 3. The molecule has 0 aliphatic carbocycles. The molecule has 5 nitrogen and oxygen atoms in total. The zero-order chi connectivity index (χ0) is 21.2. The summed E-state index contributed by atoms with van der Waals surface area (Å²) in [5.74, 6) is 0. The Morgan fingerprint density at radius 1 is 0.935 bits per heavy atom. The lowest BCUT2D eigenvalue weighted by Crippen LogP contribution is -2.49. The summed E-state index contributed by atoms with van der Waals surface area (Å²) in [5.41, 5.74) is 3.55. The molecule has 31 heavy (non-hydrogen) atoms. The molecule has 5 rings (SSSR count). The van der Waals surface area contributed by atoms with E-state index in [0.29, 0.717) is 6.04 Å². The summed E-state index contributed by atoms with van der Waals surface area (Å²) in [5, 5.41) is 5.05. The summed E-state index contributed by atoms with van der Waals surface area (Å²) in [6.45, 7) is 11.9. The number of hydrogen-bond donors (Lipinski definition) is 2. The van der Waals surface area contributed by atoms with Crippen LogP contribution in [-0.2, 0) is 0 Å². The van der Waals surface area contributed by atoms with Crippen LogP contribution in [0.25, 0.3) is 16.6 Å². The first-order valence-electron chi connectivity index (χ1n) is 12.1.